The lowest BCUT2D eigenvalue weighted by Gasteiger charge is -2.01. The number of halogens is 1. The summed E-state index contributed by atoms with van der Waals surface area (Å²) < 4.78 is 6.64. The van der Waals surface area contributed by atoms with Crippen LogP contribution in [-0.2, 0) is 16.1 Å². The number of aromatic nitrogens is 2. The Morgan fingerprint density at radius 3 is 3.00 bits per heavy atom. The molecule has 0 unspecified atom stereocenters. The van der Waals surface area contributed by atoms with Crippen LogP contribution in [0.5, 0.6) is 0 Å². The molecule has 1 aromatic rings. The van der Waals surface area contributed by atoms with Crippen molar-refractivity contribution >= 4 is 24.1 Å². The van der Waals surface area contributed by atoms with E-state index in [0.29, 0.717) is 19.0 Å². The molecule has 7 heteroatoms. The van der Waals surface area contributed by atoms with Crippen molar-refractivity contribution in [2.24, 2.45) is 0 Å². The standard InChI is InChI=1S/C9H16N4O2.ClH/c1-10-7-9(14)11-8-3-4-13(12-8)5-6-15-2;/h3-4,10H,5-7H2,1-2H3,(H,11,12,14);1H. The molecular formula is C9H17ClN4O2. The number of rotatable bonds is 6. The zero-order chi connectivity index (χ0) is 11.1. The van der Waals surface area contributed by atoms with Gasteiger partial charge in [-0.05, 0) is 7.05 Å². The average Bonchev–Trinajstić information content (AvgIpc) is 2.63. The Labute approximate surface area is 101 Å². The first-order valence-corrected chi connectivity index (χ1v) is 4.73. The fourth-order valence-corrected chi connectivity index (χ4v) is 1.09. The summed E-state index contributed by atoms with van der Waals surface area (Å²) in [6.45, 7) is 1.56. The Hall–Kier alpha value is -1.11. The van der Waals surface area contributed by atoms with Crippen LogP contribution in [0.4, 0.5) is 5.82 Å². The fraction of sp³-hybridized carbons (Fsp3) is 0.556. The Morgan fingerprint density at radius 1 is 1.62 bits per heavy atom. The zero-order valence-corrected chi connectivity index (χ0v) is 10.2. The Morgan fingerprint density at radius 2 is 2.38 bits per heavy atom. The van der Waals surface area contributed by atoms with Gasteiger partial charge in [-0.3, -0.25) is 9.48 Å². The van der Waals surface area contributed by atoms with Crippen molar-refractivity contribution in [3.05, 3.63) is 12.3 Å². The second-order valence-electron chi connectivity index (χ2n) is 3.04. The molecule has 0 aliphatic heterocycles. The summed E-state index contributed by atoms with van der Waals surface area (Å²) in [6.07, 6.45) is 1.80. The molecular weight excluding hydrogens is 232 g/mol. The van der Waals surface area contributed by atoms with E-state index in [1.807, 2.05) is 0 Å². The van der Waals surface area contributed by atoms with Crippen molar-refractivity contribution < 1.29 is 9.53 Å². The third-order valence-electron chi connectivity index (χ3n) is 1.77. The molecule has 2 N–H and O–H groups in total. The largest absolute Gasteiger partial charge is 0.383 e. The van der Waals surface area contributed by atoms with E-state index in [4.69, 9.17) is 4.74 Å². The first-order chi connectivity index (χ1) is 7.26. The first-order valence-electron chi connectivity index (χ1n) is 4.73. The molecule has 16 heavy (non-hydrogen) atoms. The molecule has 0 spiro atoms. The van der Waals surface area contributed by atoms with Gasteiger partial charge in [0.1, 0.15) is 0 Å². The van der Waals surface area contributed by atoms with Gasteiger partial charge in [0.05, 0.1) is 19.7 Å². The Bertz CT molecular complexity index is 316. The molecule has 1 rings (SSSR count). The maximum atomic E-state index is 11.2. The Kier molecular flexibility index (Phi) is 7.53. The number of nitrogens with one attached hydrogen (secondary N) is 2. The van der Waals surface area contributed by atoms with Gasteiger partial charge in [0, 0.05) is 19.4 Å². The fourth-order valence-electron chi connectivity index (χ4n) is 1.09. The molecule has 0 radical (unpaired) electrons. The number of hydrogen-bond donors (Lipinski definition) is 2. The zero-order valence-electron chi connectivity index (χ0n) is 9.40. The summed E-state index contributed by atoms with van der Waals surface area (Å²) in [5.74, 6) is 0.459. The molecule has 1 aromatic heterocycles. The van der Waals surface area contributed by atoms with Gasteiger partial charge >= 0.3 is 0 Å². The molecule has 0 aliphatic rings. The second-order valence-corrected chi connectivity index (χ2v) is 3.04. The van der Waals surface area contributed by atoms with Crippen molar-refractivity contribution in [2.75, 3.05) is 32.6 Å². The van der Waals surface area contributed by atoms with Crippen molar-refractivity contribution in [3.8, 4) is 0 Å². The molecule has 6 nitrogen and oxygen atoms in total. The van der Waals surface area contributed by atoms with E-state index >= 15 is 0 Å². The molecule has 0 aromatic carbocycles. The van der Waals surface area contributed by atoms with Gasteiger partial charge in [-0.25, -0.2) is 0 Å². The van der Waals surface area contributed by atoms with Gasteiger partial charge in [0.15, 0.2) is 5.82 Å². The number of ether oxygens (including phenoxy) is 1. The van der Waals surface area contributed by atoms with E-state index in [1.54, 1.807) is 31.1 Å². The topological polar surface area (TPSA) is 68.2 Å². The second kappa shape index (κ2) is 8.09. The molecule has 1 heterocycles. The molecule has 1 amide bonds. The van der Waals surface area contributed by atoms with Gasteiger partial charge in [-0.15, -0.1) is 12.4 Å². The van der Waals surface area contributed by atoms with Crippen molar-refractivity contribution in [1.82, 2.24) is 15.1 Å². The molecule has 0 saturated carbocycles. The average molecular weight is 249 g/mol. The smallest absolute Gasteiger partial charge is 0.239 e. The predicted octanol–water partition coefficient (Wildman–Crippen LogP) is 0.109. The number of carbonyl (C=O) groups excluding carboxylic acids is 1. The van der Waals surface area contributed by atoms with Gasteiger partial charge < -0.3 is 15.4 Å². The monoisotopic (exact) mass is 248 g/mol. The van der Waals surface area contributed by atoms with E-state index in [0.717, 1.165) is 0 Å². The molecule has 0 aliphatic carbocycles. The lowest BCUT2D eigenvalue weighted by Crippen LogP contribution is -2.25. The van der Waals surface area contributed by atoms with Crippen LogP contribution in [0.3, 0.4) is 0 Å². The van der Waals surface area contributed by atoms with Gasteiger partial charge in [-0.1, -0.05) is 0 Å². The van der Waals surface area contributed by atoms with Crippen LogP contribution < -0.4 is 10.6 Å². The van der Waals surface area contributed by atoms with E-state index in [1.165, 1.54) is 0 Å². The number of hydrogen-bond acceptors (Lipinski definition) is 4. The van der Waals surface area contributed by atoms with Crippen LogP contribution in [0.15, 0.2) is 12.3 Å². The summed E-state index contributed by atoms with van der Waals surface area (Å²) >= 11 is 0. The minimum Gasteiger partial charge on any atom is -0.383 e. The van der Waals surface area contributed by atoms with E-state index in [-0.39, 0.29) is 24.9 Å². The summed E-state index contributed by atoms with van der Waals surface area (Å²) in [6, 6.07) is 1.75. The summed E-state index contributed by atoms with van der Waals surface area (Å²) in [7, 11) is 3.36. The minimum absolute atomic E-state index is 0. The maximum absolute atomic E-state index is 11.2. The summed E-state index contributed by atoms with van der Waals surface area (Å²) in [4.78, 5) is 11.2. The van der Waals surface area contributed by atoms with E-state index in [2.05, 4.69) is 15.7 Å². The van der Waals surface area contributed by atoms with Crippen LogP contribution in [0.1, 0.15) is 0 Å². The lowest BCUT2D eigenvalue weighted by atomic mass is 10.5. The summed E-state index contributed by atoms with van der Waals surface area (Å²) in [5.41, 5.74) is 0. The third kappa shape index (κ3) is 5.11. The number of amides is 1. The van der Waals surface area contributed by atoms with Crippen LogP contribution >= 0.6 is 12.4 Å². The van der Waals surface area contributed by atoms with Crippen molar-refractivity contribution in [2.45, 2.75) is 6.54 Å². The predicted molar refractivity (Wildman–Crippen MR) is 63.9 cm³/mol. The maximum Gasteiger partial charge on any atom is 0.239 e. The van der Waals surface area contributed by atoms with Crippen LogP contribution in [0.25, 0.3) is 0 Å². The molecule has 0 saturated heterocycles. The number of nitrogens with zero attached hydrogens (tertiary/aromatic N) is 2. The van der Waals surface area contributed by atoms with Gasteiger partial charge in [0.2, 0.25) is 5.91 Å². The highest BCUT2D eigenvalue weighted by molar-refractivity contribution is 5.91. The molecule has 0 fully saturated rings. The molecule has 0 bridgehead atoms. The third-order valence-corrected chi connectivity index (χ3v) is 1.77. The number of methoxy groups -OCH3 is 1. The van der Waals surface area contributed by atoms with E-state index < -0.39 is 0 Å². The van der Waals surface area contributed by atoms with Gasteiger partial charge in [0.25, 0.3) is 0 Å². The van der Waals surface area contributed by atoms with Gasteiger partial charge in [-0.2, -0.15) is 5.10 Å². The highest BCUT2D eigenvalue weighted by atomic mass is 35.5. The highest BCUT2D eigenvalue weighted by Gasteiger charge is 2.03. The number of likely N-dealkylation sites (N-methyl/N-ethyl adjacent to an activating group) is 1. The Balaban J connectivity index is 0.00000225. The number of anilines is 1. The van der Waals surface area contributed by atoms with Crippen LogP contribution in [0.2, 0.25) is 0 Å². The number of carbonyl (C=O) groups is 1. The van der Waals surface area contributed by atoms with E-state index in [9.17, 15) is 4.79 Å². The highest BCUT2D eigenvalue weighted by Crippen LogP contribution is 2.01. The first kappa shape index (κ1) is 14.9. The quantitative estimate of drug-likeness (QED) is 0.750. The SMILES string of the molecule is CNCC(=O)Nc1ccn(CCOC)n1.Cl. The van der Waals surface area contributed by atoms with Crippen LogP contribution in [0, 0.1) is 0 Å². The van der Waals surface area contributed by atoms with Crippen molar-refractivity contribution in [3.63, 3.8) is 0 Å². The minimum atomic E-state index is -0.102. The lowest BCUT2D eigenvalue weighted by molar-refractivity contribution is -0.115. The molecule has 0 atom stereocenters. The molecule has 92 valence electrons. The summed E-state index contributed by atoms with van der Waals surface area (Å²) in [5, 5.41) is 9.57. The van der Waals surface area contributed by atoms with Crippen molar-refractivity contribution in [1.29, 1.82) is 0 Å². The van der Waals surface area contributed by atoms with Crippen LogP contribution in [-0.4, -0.2) is 43.0 Å². The normalized spacial score (nSPS) is 9.62.